The number of ether oxygens (including phenoxy) is 2. The maximum Gasteiger partial charge on any atom is 0.329 e. The highest BCUT2D eigenvalue weighted by Gasteiger charge is 2.28. The van der Waals surface area contributed by atoms with Crippen LogP contribution in [-0.4, -0.2) is 67.3 Å². The molecule has 21 heavy (non-hydrogen) atoms. The van der Waals surface area contributed by atoms with Gasteiger partial charge in [0.05, 0.1) is 13.0 Å². The smallest absolute Gasteiger partial charge is 0.329 e. The van der Waals surface area contributed by atoms with Crippen LogP contribution in [0.1, 0.15) is 12.8 Å². The van der Waals surface area contributed by atoms with E-state index in [0.29, 0.717) is 25.9 Å². The van der Waals surface area contributed by atoms with Crippen LogP contribution in [0.2, 0.25) is 0 Å². The van der Waals surface area contributed by atoms with Crippen LogP contribution >= 0.6 is 0 Å². The van der Waals surface area contributed by atoms with Gasteiger partial charge >= 0.3 is 18.0 Å². The van der Waals surface area contributed by atoms with Crippen LogP contribution in [0.4, 0.5) is 4.79 Å². The highest BCUT2D eigenvalue weighted by Crippen LogP contribution is 2.18. The minimum atomic E-state index is -1.20. The zero-order valence-electron chi connectivity index (χ0n) is 11.7. The first kappa shape index (κ1) is 16.9. The highest BCUT2D eigenvalue weighted by atomic mass is 16.5. The molecule has 0 atom stereocenters. The number of hydrogen-bond acceptors (Lipinski definition) is 6. The SMILES string of the molecule is COC(=O)C1CCN(C(=O)NC(=O)COCC(=O)O)CC1. The number of imide groups is 1. The molecule has 0 aromatic rings. The number of urea groups is 1. The third-order valence-corrected chi connectivity index (χ3v) is 3.02. The van der Waals surface area contributed by atoms with Gasteiger partial charge in [-0.3, -0.25) is 14.9 Å². The number of likely N-dealkylation sites (tertiary alicyclic amines) is 1. The zero-order valence-corrected chi connectivity index (χ0v) is 11.7. The Labute approximate surface area is 121 Å². The Bertz CT molecular complexity index is 416. The molecule has 0 unspecified atom stereocenters. The number of carboxylic acid groups (broad SMARTS) is 1. The summed E-state index contributed by atoms with van der Waals surface area (Å²) in [5, 5.41) is 10.4. The van der Waals surface area contributed by atoms with E-state index in [1.54, 1.807) is 0 Å². The molecule has 0 radical (unpaired) electrons. The van der Waals surface area contributed by atoms with Gasteiger partial charge in [0.25, 0.3) is 5.91 Å². The number of carbonyl (C=O) groups excluding carboxylic acids is 3. The minimum Gasteiger partial charge on any atom is -0.480 e. The molecule has 0 spiro atoms. The molecule has 9 heteroatoms. The number of methoxy groups -OCH3 is 1. The van der Waals surface area contributed by atoms with Gasteiger partial charge in [-0.1, -0.05) is 0 Å². The fourth-order valence-corrected chi connectivity index (χ4v) is 1.95. The van der Waals surface area contributed by atoms with Gasteiger partial charge in [0, 0.05) is 13.1 Å². The van der Waals surface area contributed by atoms with Gasteiger partial charge in [-0.25, -0.2) is 9.59 Å². The summed E-state index contributed by atoms with van der Waals surface area (Å²) in [5.74, 6) is -2.43. The molecule has 3 amide bonds. The molecule has 0 aromatic heterocycles. The van der Waals surface area contributed by atoms with Crippen molar-refractivity contribution in [2.75, 3.05) is 33.4 Å². The lowest BCUT2D eigenvalue weighted by Gasteiger charge is -2.30. The van der Waals surface area contributed by atoms with E-state index in [-0.39, 0.29) is 11.9 Å². The maximum absolute atomic E-state index is 11.8. The van der Waals surface area contributed by atoms with Gasteiger partial charge < -0.3 is 19.5 Å². The van der Waals surface area contributed by atoms with Gasteiger partial charge in [-0.05, 0) is 12.8 Å². The van der Waals surface area contributed by atoms with Crippen LogP contribution in [0.15, 0.2) is 0 Å². The van der Waals surface area contributed by atoms with Crippen molar-refractivity contribution in [1.29, 1.82) is 0 Å². The first-order valence-corrected chi connectivity index (χ1v) is 6.40. The fourth-order valence-electron chi connectivity index (χ4n) is 1.95. The monoisotopic (exact) mass is 302 g/mol. The Morgan fingerprint density at radius 2 is 1.81 bits per heavy atom. The number of carbonyl (C=O) groups is 4. The molecule has 1 fully saturated rings. The topological polar surface area (TPSA) is 122 Å². The van der Waals surface area contributed by atoms with Gasteiger partial charge in [0.2, 0.25) is 0 Å². The predicted octanol–water partition coefficient (Wildman–Crippen LogP) is -0.791. The lowest BCUT2D eigenvalue weighted by Crippen LogP contribution is -2.48. The molecule has 0 aromatic carbocycles. The molecule has 9 nitrogen and oxygen atoms in total. The van der Waals surface area contributed by atoms with Crippen molar-refractivity contribution in [3.05, 3.63) is 0 Å². The third-order valence-electron chi connectivity index (χ3n) is 3.02. The van der Waals surface area contributed by atoms with Crippen molar-refractivity contribution < 1.29 is 33.8 Å². The van der Waals surface area contributed by atoms with E-state index in [4.69, 9.17) is 5.11 Å². The summed E-state index contributed by atoms with van der Waals surface area (Å²) in [6.45, 7) is -0.424. The Morgan fingerprint density at radius 3 is 2.33 bits per heavy atom. The summed E-state index contributed by atoms with van der Waals surface area (Å²) in [6.07, 6.45) is 0.952. The number of aliphatic carboxylic acids is 1. The van der Waals surface area contributed by atoms with Gasteiger partial charge in [0.1, 0.15) is 13.2 Å². The van der Waals surface area contributed by atoms with Crippen molar-refractivity contribution >= 4 is 23.9 Å². The first-order chi connectivity index (χ1) is 9.93. The van der Waals surface area contributed by atoms with E-state index in [1.165, 1.54) is 12.0 Å². The molecule has 0 bridgehead atoms. The van der Waals surface area contributed by atoms with Gasteiger partial charge in [-0.15, -0.1) is 0 Å². The molecule has 1 aliphatic heterocycles. The summed E-state index contributed by atoms with van der Waals surface area (Å²) >= 11 is 0. The molecular formula is C12H18N2O7. The second kappa shape index (κ2) is 8.20. The van der Waals surface area contributed by atoms with Crippen LogP contribution in [-0.2, 0) is 23.9 Å². The van der Waals surface area contributed by atoms with Crippen molar-refractivity contribution in [3.8, 4) is 0 Å². The van der Waals surface area contributed by atoms with Crippen LogP contribution < -0.4 is 5.32 Å². The van der Waals surface area contributed by atoms with Crippen LogP contribution in [0, 0.1) is 5.92 Å². The summed E-state index contributed by atoms with van der Waals surface area (Å²) in [7, 11) is 1.32. The fraction of sp³-hybridized carbons (Fsp3) is 0.667. The Balaban J connectivity index is 2.29. The average Bonchev–Trinajstić information content (AvgIpc) is 2.46. The molecule has 0 aliphatic carbocycles. The van der Waals surface area contributed by atoms with E-state index < -0.39 is 31.1 Å². The number of esters is 1. The summed E-state index contributed by atoms with van der Waals surface area (Å²) in [6, 6.07) is -0.581. The normalized spacial score (nSPS) is 15.4. The molecule has 1 saturated heterocycles. The molecule has 118 valence electrons. The van der Waals surface area contributed by atoms with Crippen molar-refractivity contribution in [2.24, 2.45) is 5.92 Å². The van der Waals surface area contributed by atoms with E-state index in [9.17, 15) is 19.2 Å². The number of carboxylic acids is 1. The van der Waals surface area contributed by atoms with Crippen LogP contribution in [0.25, 0.3) is 0 Å². The first-order valence-electron chi connectivity index (χ1n) is 6.40. The summed E-state index contributed by atoms with van der Waals surface area (Å²) < 4.78 is 9.20. The highest BCUT2D eigenvalue weighted by molar-refractivity contribution is 5.95. The molecule has 1 rings (SSSR count). The number of amides is 3. The van der Waals surface area contributed by atoms with E-state index in [2.05, 4.69) is 14.8 Å². The van der Waals surface area contributed by atoms with Gasteiger partial charge in [-0.2, -0.15) is 0 Å². The van der Waals surface area contributed by atoms with Crippen molar-refractivity contribution in [3.63, 3.8) is 0 Å². The van der Waals surface area contributed by atoms with E-state index in [0.717, 1.165) is 0 Å². The molecule has 1 heterocycles. The quantitative estimate of drug-likeness (QED) is 0.638. The van der Waals surface area contributed by atoms with Crippen molar-refractivity contribution in [1.82, 2.24) is 10.2 Å². The standard InChI is InChI=1S/C12H18N2O7/c1-20-11(18)8-2-4-14(5-3-8)12(19)13-9(15)6-21-7-10(16)17/h8H,2-7H2,1H3,(H,16,17)(H,13,15,19). The van der Waals surface area contributed by atoms with E-state index in [1.807, 2.05) is 0 Å². The lowest BCUT2D eigenvalue weighted by molar-refractivity contribution is -0.147. The number of piperidine rings is 1. The molecule has 1 aliphatic rings. The molecular weight excluding hydrogens is 284 g/mol. The Morgan fingerprint density at radius 1 is 1.19 bits per heavy atom. The Hall–Kier alpha value is -2.16. The molecule has 2 N–H and O–H groups in total. The molecule has 0 saturated carbocycles. The number of nitrogens with one attached hydrogen (secondary N) is 1. The number of hydrogen-bond donors (Lipinski definition) is 2. The van der Waals surface area contributed by atoms with Crippen molar-refractivity contribution in [2.45, 2.75) is 12.8 Å². The number of rotatable bonds is 5. The van der Waals surface area contributed by atoms with E-state index >= 15 is 0 Å². The van der Waals surface area contributed by atoms with Crippen LogP contribution in [0.5, 0.6) is 0 Å². The van der Waals surface area contributed by atoms with Gasteiger partial charge in [0.15, 0.2) is 0 Å². The zero-order chi connectivity index (χ0) is 15.8. The number of nitrogens with zero attached hydrogens (tertiary/aromatic N) is 1. The second-order valence-corrected chi connectivity index (χ2v) is 4.52. The average molecular weight is 302 g/mol. The summed E-state index contributed by atoms with van der Waals surface area (Å²) in [5.41, 5.74) is 0. The minimum absolute atomic E-state index is 0.228. The second-order valence-electron chi connectivity index (χ2n) is 4.52. The summed E-state index contributed by atoms with van der Waals surface area (Å²) in [4.78, 5) is 46.0. The maximum atomic E-state index is 11.8. The predicted molar refractivity (Wildman–Crippen MR) is 68.3 cm³/mol. The lowest BCUT2D eigenvalue weighted by atomic mass is 9.97. The van der Waals surface area contributed by atoms with Crippen LogP contribution in [0.3, 0.4) is 0 Å². The Kier molecular flexibility index (Phi) is 6.60. The largest absolute Gasteiger partial charge is 0.480 e. The third kappa shape index (κ3) is 5.78.